The van der Waals surface area contributed by atoms with Crippen molar-refractivity contribution in [2.24, 2.45) is 5.92 Å². The van der Waals surface area contributed by atoms with Crippen molar-refractivity contribution in [3.05, 3.63) is 0 Å². The maximum atomic E-state index is 2.34. The highest BCUT2D eigenvalue weighted by molar-refractivity contribution is 7.99. The number of rotatable bonds is 0. The molecule has 0 aliphatic carbocycles. The summed E-state index contributed by atoms with van der Waals surface area (Å²) >= 11 is 2.10. The van der Waals surface area contributed by atoms with E-state index in [1.807, 2.05) is 13.8 Å². The van der Waals surface area contributed by atoms with E-state index >= 15 is 0 Å². The Morgan fingerprint density at radius 2 is 2.00 bits per heavy atom. The van der Waals surface area contributed by atoms with Crippen molar-refractivity contribution in [1.82, 2.24) is 0 Å². The van der Waals surface area contributed by atoms with Gasteiger partial charge in [0, 0.05) is 0 Å². The predicted octanol–water partition coefficient (Wildman–Crippen LogP) is 3.18. The summed E-state index contributed by atoms with van der Waals surface area (Å²) in [4.78, 5) is 0. The first-order valence-electron chi connectivity index (χ1n) is 3.97. The van der Waals surface area contributed by atoms with Crippen LogP contribution in [0.1, 0.15) is 33.6 Å². The summed E-state index contributed by atoms with van der Waals surface area (Å²) in [6.07, 6.45) is 2.92. The summed E-state index contributed by atoms with van der Waals surface area (Å²) in [5.74, 6) is 3.81. The van der Waals surface area contributed by atoms with Crippen molar-refractivity contribution in [1.29, 1.82) is 0 Å². The summed E-state index contributed by atoms with van der Waals surface area (Å²) in [5.41, 5.74) is 0. The third-order valence-electron chi connectivity index (χ3n) is 1.39. The van der Waals surface area contributed by atoms with Gasteiger partial charge in [-0.2, -0.15) is 11.8 Å². The maximum Gasteiger partial charge on any atom is -0.00418 e. The Labute approximate surface area is 63.4 Å². The third-order valence-corrected chi connectivity index (χ3v) is 2.77. The molecule has 1 rings (SSSR count). The van der Waals surface area contributed by atoms with Crippen LogP contribution in [0, 0.1) is 5.92 Å². The van der Waals surface area contributed by atoms with Crippen LogP contribution in [0.2, 0.25) is 0 Å². The van der Waals surface area contributed by atoms with Crippen LogP contribution in [-0.2, 0) is 0 Å². The van der Waals surface area contributed by atoms with Crippen LogP contribution in [-0.4, -0.2) is 11.5 Å². The second kappa shape index (κ2) is 6.47. The Balaban J connectivity index is 0.000000291. The molecule has 0 aromatic carbocycles. The van der Waals surface area contributed by atoms with Gasteiger partial charge < -0.3 is 0 Å². The molecule has 1 atom stereocenters. The SMILES string of the molecule is CC.CC1CCCSC1. The highest BCUT2D eigenvalue weighted by Crippen LogP contribution is 2.21. The van der Waals surface area contributed by atoms with E-state index in [2.05, 4.69) is 18.7 Å². The van der Waals surface area contributed by atoms with Crippen LogP contribution in [0.4, 0.5) is 0 Å². The Hall–Kier alpha value is 0.350. The zero-order chi connectivity index (χ0) is 7.11. The molecule has 1 unspecified atom stereocenters. The molecule has 1 fully saturated rings. The fourth-order valence-corrected chi connectivity index (χ4v) is 2.01. The van der Waals surface area contributed by atoms with E-state index in [-0.39, 0.29) is 0 Å². The molecule has 9 heavy (non-hydrogen) atoms. The molecule has 0 spiro atoms. The van der Waals surface area contributed by atoms with Crippen LogP contribution in [0.5, 0.6) is 0 Å². The Kier molecular flexibility index (Phi) is 6.72. The van der Waals surface area contributed by atoms with Gasteiger partial charge in [-0.3, -0.25) is 0 Å². The van der Waals surface area contributed by atoms with Crippen molar-refractivity contribution in [3.63, 3.8) is 0 Å². The molecule has 0 saturated carbocycles. The van der Waals surface area contributed by atoms with Gasteiger partial charge in [-0.25, -0.2) is 0 Å². The lowest BCUT2D eigenvalue weighted by atomic mass is 10.1. The monoisotopic (exact) mass is 146 g/mol. The summed E-state index contributed by atoms with van der Waals surface area (Å²) < 4.78 is 0. The quantitative estimate of drug-likeness (QED) is 0.506. The summed E-state index contributed by atoms with van der Waals surface area (Å²) in [6, 6.07) is 0. The Morgan fingerprint density at radius 3 is 2.22 bits per heavy atom. The zero-order valence-electron chi connectivity index (χ0n) is 6.81. The molecule has 1 heterocycles. The van der Waals surface area contributed by atoms with E-state index in [0.29, 0.717) is 0 Å². The molecule has 1 heteroatoms. The van der Waals surface area contributed by atoms with Crippen molar-refractivity contribution < 1.29 is 0 Å². The number of hydrogen-bond acceptors (Lipinski definition) is 1. The number of thioether (sulfide) groups is 1. The average molecular weight is 146 g/mol. The average Bonchev–Trinajstić information content (AvgIpc) is 1.94. The van der Waals surface area contributed by atoms with Crippen LogP contribution in [0.3, 0.4) is 0 Å². The summed E-state index contributed by atoms with van der Waals surface area (Å²) in [7, 11) is 0. The van der Waals surface area contributed by atoms with Gasteiger partial charge in [-0.1, -0.05) is 20.8 Å². The fourth-order valence-electron chi connectivity index (χ4n) is 0.902. The maximum absolute atomic E-state index is 2.34. The minimum absolute atomic E-state index is 0.999. The molecule has 0 amide bonds. The van der Waals surface area contributed by atoms with Crippen molar-refractivity contribution in [2.45, 2.75) is 33.6 Å². The van der Waals surface area contributed by atoms with Crippen LogP contribution in [0.15, 0.2) is 0 Å². The third kappa shape index (κ3) is 4.83. The molecule has 1 saturated heterocycles. The minimum Gasteiger partial charge on any atom is -0.162 e. The zero-order valence-corrected chi connectivity index (χ0v) is 7.63. The standard InChI is InChI=1S/C6H12S.C2H6/c1-6-3-2-4-7-5-6;1-2/h6H,2-5H2,1H3;1-2H3. The molecule has 0 aromatic rings. The van der Waals surface area contributed by atoms with Crippen molar-refractivity contribution in [3.8, 4) is 0 Å². The molecular formula is C8H18S. The second-order valence-electron chi connectivity index (χ2n) is 2.32. The molecule has 0 aromatic heterocycles. The van der Waals surface area contributed by atoms with E-state index in [1.165, 1.54) is 24.3 Å². The van der Waals surface area contributed by atoms with Gasteiger partial charge in [0.2, 0.25) is 0 Å². The van der Waals surface area contributed by atoms with Gasteiger partial charge in [-0.05, 0) is 30.3 Å². The highest BCUT2D eigenvalue weighted by atomic mass is 32.2. The normalized spacial score (nSPS) is 26.3. The first-order valence-corrected chi connectivity index (χ1v) is 5.13. The van der Waals surface area contributed by atoms with E-state index in [9.17, 15) is 0 Å². The Bertz CT molecular complexity index is 46.5. The Morgan fingerprint density at radius 1 is 1.33 bits per heavy atom. The molecule has 1 aliphatic rings. The van der Waals surface area contributed by atoms with E-state index in [1.54, 1.807) is 0 Å². The lowest BCUT2D eigenvalue weighted by Gasteiger charge is -2.15. The van der Waals surface area contributed by atoms with Gasteiger partial charge in [0.05, 0.1) is 0 Å². The van der Waals surface area contributed by atoms with Crippen LogP contribution in [0.25, 0.3) is 0 Å². The molecule has 56 valence electrons. The minimum atomic E-state index is 0.999. The molecule has 0 radical (unpaired) electrons. The van der Waals surface area contributed by atoms with E-state index in [4.69, 9.17) is 0 Å². The topological polar surface area (TPSA) is 0 Å². The van der Waals surface area contributed by atoms with E-state index in [0.717, 1.165) is 5.92 Å². The lowest BCUT2D eigenvalue weighted by Crippen LogP contribution is -2.04. The van der Waals surface area contributed by atoms with Gasteiger partial charge >= 0.3 is 0 Å². The fraction of sp³-hybridized carbons (Fsp3) is 1.00. The lowest BCUT2D eigenvalue weighted by molar-refractivity contribution is 0.573. The smallest absolute Gasteiger partial charge is 0.00418 e. The van der Waals surface area contributed by atoms with Gasteiger partial charge in [-0.15, -0.1) is 0 Å². The van der Waals surface area contributed by atoms with Crippen molar-refractivity contribution >= 4 is 11.8 Å². The number of hydrogen-bond donors (Lipinski definition) is 0. The van der Waals surface area contributed by atoms with Gasteiger partial charge in [0.15, 0.2) is 0 Å². The largest absolute Gasteiger partial charge is 0.162 e. The molecule has 1 aliphatic heterocycles. The van der Waals surface area contributed by atoms with E-state index < -0.39 is 0 Å². The first-order chi connectivity index (χ1) is 4.39. The molecular weight excluding hydrogens is 128 g/mol. The van der Waals surface area contributed by atoms with Gasteiger partial charge in [0.1, 0.15) is 0 Å². The van der Waals surface area contributed by atoms with Crippen LogP contribution >= 0.6 is 11.8 Å². The summed E-state index contributed by atoms with van der Waals surface area (Å²) in [5, 5.41) is 0. The molecule has 0 N–H and O–H groups in total. The first kappa shape index (κ1) is 9.35. The molecule has 0 nitrogen and oxygen atoms in total. The summed E-state index contributed by atoms with van der Waals surface area (Å²) in [6.45, 7) is 6.34. The van der Waals surface area contributed by atoms with Gasteiger partial charge in [0.25, 0.3) is 0 Å². The highest BCUT2D eigenvalue weighted by Gasteiger charge is 2.06. The van der Waals surface area contributed by atoms with Crippen LogP contribution < -0.4 is 0 Å². The second-order valence-corrected chi connectivity index (χ2v) is 3.47. The van der Waals surface area contributed by atoms with Crippen molar-refractivity contribution in [2.75, 3.05) is 11.5 Å². The predicted molar refractivity (Wildman–Crippen MR) is 47.1 cm³/mol. The molecule has 0 bridgehead atoms.